The van der Waals surface area contributed by atoms with Crippen molar-refractivity contribution in [1.82, 2.24) is 5.32 Å². The number of nitro groups is 1. The van der Waals surface area contributed by atoms with E-state index >= 15 is 0 Å². The Morgan fingerprint density at radius 1 is 1.58 bits per heavy atom. The van der Waals surface area contributed by atoms with Gasteiger partial charge in [0, 0.05) is 12.6 Å². The van der Waals surface area contributed by atoms with E-state index in [0.717, 1.165) is 25.6 Å². The van der Waals surface area contributed by atoms with Gasteiger partial charge in [-0.3, -0.25) is 10.1 Å². The Morgan fingerprint density at radius 3 is 3.05 bits per heavy atom. The van der Waals surface area contributed by atoms with Gasteiger partial charge in [-0.2, -0.15) is 0 Å². The molecule has 0 aromatic heterocycles. The minimum atomic E-state index is -0.513. The first kappa shape index (κ1) is 13.9. The first-order valence-corrected chi connectivity index (χ1v) is 6.33. The zero-order valence-corrected chi connectivity index (χ0v) is 10.8. The van der Waals surface area contributed by atoms with Crippen molar-refractivity contribution < 1.29 is 14.1 Å². The van der Waals surface area contributed by atoms with Crippen molar-refractivity contribution in [3.05, 3.63) is 39.7 Å². The molecule has 0 bridgehead atoms. The van der Waals surface area contributed by atoms with E-state index in [0.29, 0.717) is 5.92 Å². The largest absolute Gasteiger partial charge is 0.372 e. The van der Waals surface area contributed by atoms with Crippen LogP contribution in [0.25, 0.3) is 0 Å². The molecule has 1 aromatic carbocycles. The van der Waals surface area contributed by atoms with Crippen LogP contribution >= 0.6 is 0 Å². The minimum Gasteiger partial charge on any atom is -0.372 e. The maximum absolute atomic E-state index is 13.2. The highest BCUT2D eigenvalue weighted by atomic mass is 19.1. The molecular formula is C13H17FN2O3. The summed E-state index contributed by atoms with van der Waals surface area (Å²) in [5.74, 6) is -0.0899. The van der Waals surface area contributed by atoms with Crippen LogP contribution in [-0.2, 0) is 11.3 Å². The Bertz CT molecular complexity index is 467. The van der Waals surface area contributed by atoms with E-state index in [1.807, 2.05) is 0 Å². The Hall–Kier alpha value is -1.53. The number of halogens is 1. The number of piperidine rings is 1. The molecule has 1 aliphatic rings. The molecule has 0 radical (unpaired) electrons. The highest BCUT2D eigenvalue weighted by Crippen LogP contribution is 2.23. The molecule has 2 rings (SSSR count). The Labute approximate surface area is 110 Å². The third kappa shape index (κ3) is 3.48. The van der Waals surface area contributed by atoms with Crippen LogP contribution in [0.3, 0.4) is 0 Å². The van der Waals surface area contributed by atoms with Gasteiger partial charge < -0.3 is 10.1 Å². The highest BCUT2D eigenvalue weighted by Gasteiger charge is 2.23. The molecular weight excluding hydrogens is 251 g/mol. The van der Waals surface area contributed by atoms with Crippen LogP contribution in [0.5, 0.6) is 0 Å². The first-order valence-electron chi connectivity index (χ1n) is 6.33. The first-order chi connectivity index (χ1) is 9.08. The van der Waals surface area contributed by atoms with Crippen molar-refractivity contribution in [1.29, 1.82) is 0 Å². The molecule has 0 spiro atoms. The van der Waals surface area contributed by atoms with E-state index in [2.05, 4.69) is 12.2 Å². The summed E-state index contributed by atoms with van der Waals surface area (Å²) in [7, 11) is 0. The summed E-state index contributed by atoms with van der Waals surface area (Å²) in [6, 6.07) is 3.43. The fraction of sp³-hybridized carbons (Fsp3) is 0.538. The second-order valence-electron chi connectivity index (χ2n) is 4.85. The van der Waals surface area contributed by atoms with Crippen molar-refractivity contribution >= 4 is 5.69 Å². The topological polar surface area (TPSA) is 64.4 Å². The van der Waals surface area contributed by atoms with Crippen LogP contribution in [0.1, 0.15) is 18.9 Å². The lowest BCUT2D eigenvalue weighted by molar-refractivity contribution is -0.386. The second kappa shape index (κ2) is 6.08. The number of ether oxygens (including phenoxy) is 1. The molecule has 1 aromatic rings. The molecule has 2 unspecified atom stereocenters. The molecule has 0 saturated carbocycles. The molecule has 19 heavy (non-hydrogen) atoms. The SMILES string of the molecule is CC1CCNCC1OCc1cc(F)ccc1[N+](=O)[O-]. The molecule has 1 heterocycles. The molecule has 1 N–H and O–H groups in total. The lowest BCUT2D eigenvalue weighted by Gasteiger charge is -2.29. The van der Waals surface area contributed by atoms with Gasteiger partial charge in [0.05, 0.1) is 23.2 Å². The van der Waals surface area contributed by atoms with Gasteiger partial charge in [0.1, 0.15) is 5.82 Å². The molecule has 1 saturated heterocycles. The summed E-state index contributed by atoms with van der Waals surface area (Å²) in [5.41, 5.74) is 0.181. The number of hydrogen-bond donors (Lipinski definition) is 1. The van der Waals surface area contributed by atoms with Gasteiger partial charge in [-0.05, 0) is 31.0 Å². The number of rotatable bonds is 4. The Kier molecular flexibility index (Phi) is 4.44. The standard InChI is InChI=1S/C13H17FN2O3/c1-9-4-5-15-7-13(9)19-8-10-6-11(14)2-3-12(10)16(17)18/h2-3,6,9,13,15H,4-5,7-8H2,1H3. The van der Waals surface area contributed by atoms with E-state index in [9.17, 15) is 14.5 Å². The maximum Gasteiger partial charge on any atom is 0.275 e. The van der Waals surface area contributed by atoms with Gasteiger partial charge in [0.15, 0.2) is 0 Å². The minimum absolute atomic E-state index is 0.0108. The monoisotopic (exact) mass is 268 g/mol. The maximum atomic E-state index is 13.2. The normalized spacial score (nSPS) is 23.3. The number of benzene rings is 1. The molecule has 6 heteroatoms. The molecule has 5 nitrogen and oxygen atoms in total. The van der Waals surface area contributed by atoms with Crippen molar-refractivity contribution in [2.75, 3.05) is 13.1 Å². The predicted molar refractivity (Wildman–Crippen MR) is 68.3 cm³/mol. The third-order valence-corrected chi connectivity index (χ3v) is 3.45. The zero-order chi connectivity index (χ0) is 13.8. The molecule has 1 aliphatic heterocycles. The number of hydrogen-bond acceptors (Lipinski definition) is 4. The Balaban J connectivity index is 2.05. The molecule has 2 atom stereocenters. The molecule has 104 valence electrons. The van der Waals surface area contributed by atoms with Crippen LogP contribution in [0.4, 0.5) is 10.1 Å². The number of nitrogens with zero attached hydrogens (tertiary/aromatic N) is 1. The van der Waals surface area contributed by atoms with Crippen molar-refractivity contribution in [3.8, 4) is 0 Å². The van der Waals surface area contributed by atoms with E-state index in [-0.39, 0.29) is 24.0 Å². The summed E-state index contributed by atoms with van der Waals surface area (Å²) >= 11 is 0. The Morgan fingerprint density at radius 2 is 2.37 bits per heavy atom. The smallest absolute Gasteiger partial charge is 0.275 e. The number of nitrogens with one attached hydrogen (secondary N) is 1. The van der Waals surface area contributed by atoms with Gasteiger partial charge in [-0.1, -0.05) is 6.92 Å². The van der Waals surface area contributed by atoms with Gasteiger partial charge >= 0.3 is 0 Å². The lowest BCUT2D eigenvalue weighted by atomic mass is 9.97. The summed E-state index contributed by atoms with van der Waals surface area (Å²) in [6.07, 6.45) is 1.02. The van der Waals surface area contributed by atoms with Gasteiger partial charge in [0.2, 0.25) is 0 Å². The van der Waals surface area contributed by atoms with E-state index in [4.69, 9.17) is 4.74 Å². The summed E-state index contributed by atoms with van der Waals surface area (Å²) in [4.78, 5) is 10.4. The van der Waals surface area contributed by atoms with Crippen LogP contribution < -0.4 is 5.32 Å². The predicted octanol–water partition coefficient (Wildman–Crippen LogP) is 2.25. The third-order valence-electron chi connectivity index (χ3n) is 3.45. The van der Waals surface area contributed by atoms with Crippen molar-refractivity contribution in [3.63, 3.8) is 0 Å². The molecule has 0 amide bonds. The van der Waals surface area contributed by atoms with Crippen LogP contribution in [-0.4, -0.2) is 24.1 Å². The quantitative estimate of drug-likeness (QED) is 0.672. The summed E-state index contributed by atoms with van der Waals surface area (Å²) in [6.45, 7) is 3.83. The van der Waals surface area contributed by atoms with Gasteiger partial charge in [-0.15, -0.1) is 0 Å². The van der Waals surface area contributed by atoms with Crippen LogP contribution in [0.15, 0.2) is 18.2 Å². The molecule has 1 fully saturated rings. The lowest BCUT2D eigenvalue weighted by Crippen LogP contribution is -2.40. The van der Waals surface area contributed by atoms with Gasteiger partial charge in [-0.25, -0.2) is 4.39 Å². The van der Waals surface area contributed by atoms with E-state index < -0.39 is 10.7 Å². The van der Waals surface area contributed by atoms with Crippen molar-refractivity contribution in [2.45, 2.75) is 26.1 Å². The molecule has 0 aliphatic carbocycles. The number of nitro benzene ring substituents is 1. The average molecular weight is 268 g/mol. The van der Waals surface area contributed by atoms with Crippen LogP contribution in [0.2, 0.25) is 0 Å². The van der Waals surface area contributed by atoms with E-state index in [1.165, 1.54) is 12.1 Å². The average Bonchev–Trinajstić information content (AvgIpc) is 2.37. The second-order valence-corrected chi connectivity index (χ2v) is 4.85. The fourth-order valence-corrected chi connectivity index (χ4v) is 2.23. The zero-order valence-electron chi connectivity index (χ0n) is 10.8. The van der Waals surface area contributed by atoms with Crippen LogP contribution in [0, 0.1) is 21.8 Å². The van der Waals surface area contributed by atoms with Crippen molar-refractivity contribution in [2.24, 2.45) is 5.92 Å². The van der Waals surface area contributed by atoms with Gasteiger partial charge in [0.25, 0.3) is 5.69 Å². The highest BCUT2D eigenvalue weighted by molar-refractivity contribution is 5.39. The fourth-order valence-electron chi connectivity index (χ4n) is 2.23. The van der Waals surface area contributed by atoms with E-state index in [1.54, 1.807) is 0 Å². The summed E-state index contributed by atoms with van der Waals surface area (Å²) in [5, 5.41) is 14.1. The summed E-state index contributed by atoms with van der Waals surface area (Å²) < 4.78 is 18.9.